The standard InChI is InChI=1S/C16H14N2O4/c1-11-3-2-4-12(7-11)16(20)10-17-9-13-8-14(18(21)22)5-6-15(13)19/h2-9,19H,10H2,1H3. The molecule has 0 heterocycles. The number of nitrogens with zero attached hydrogens (tertiary/aromatic N) is 2. The van der Waals surface area contributed by atoms with Gasteiger partial charge in [-0.25, -0.2) is 0 Å². The minimum atomic E-state index is -0.561. The van der Waals surface area contributed by atoms with Crippen molar-refractivity contribution in [2.75, 3.05) is 6.54 Å². The van der Waals surface area contributed by atoms with E-state index in [-0.39, 0.29) is 29.3 Å². The minimum absolute atomic E-state index is 0.0917. The second-order valence-electron chi connectivity index (χ2n) is 4.76. The predicted octanol–water partition coefficient (Wildman–Crippen LogP) is 2.91. The van der Waals surface area contributed by atoms with Gasteiger partial charge < -0.3 is 5.11 Å². The molecule has 0 unspecified atom stereocenters. The second-order valence-corrected chi connectivity index (χ2v) is 4.76. The third-order valence-electron chi connectivity index (χ3n) is 3.03. The highest BCUT2D eigenvalue weighted by Crippen LogP contribution is 2.21. The van der Waals surface area contributed by atoms with Crippen molar-refractivity contribution in [1.82, 2.24) is 0 Å². The first kappa shape index (κ1) is 15.4. The Kier molecular flexibility index (Phi) is 4.63. The Morgan fingerprint density at radius 3 is 2.77 bits per heavy atom. The van der Waals surface area contributed by atoms with E-state index < -0.39 is 4.92 Å². The molecule has 0 atom stereocenters. The Labute approximate surface area is 126 Å². The average molecular weight is 298 g/mol. The number of Topliss-reactive ketones (excluding diaryl/α,β-unsaturated/α-hetero) is 1. The van der Waals surface area contributed by atoms with E-state index >= 15 is 0 Å². The molecule has 1 N–H and O–H groups in total. The third-order valence-corrected chi connectivity index (χ3v) is 3.03. The van der Waals surface area contributed by atoms with Crippen LogP contribution in [0.1, 0.15) is 21.5 Å². The molecule has 22 heavy (non-hydrogen) atoms. The number of non-ortho nitro benzene ring substituents is 1. The summed E-state index contributed by atoms with van der Waals surface area (Å²) in [5.74, 6) is -0.290. The maximum Gasteiger partial charge on any atom is 0.270 e. The Hall–Kier alpha value is -3.02. The number of carbonyl (C=O) groups excluding carboxylic acids is 1. The SMILES string of the molecule is Cc1cccc(C(=O)CN=Cc2cc([N+](=O)[O-])ccc2O)c1. The highest BCUT2D eigenvalue weighted by Gasteiger charge is 2.09. The van der Waals surface area contributed by atoms with Crippen LogP contribution in [0.25, 0.3) is 0 Å². The maximum absolute atomic E-state index is 12.0. The van der Waals surface area contributed by atoms with Gasteiger partial charge in [-0.15, -0.1) is 0 Å². The summed E-state index contributed by atoms with van der Waals surface area (Å²) in [6.45, 7) is 1.80. The van der Waals surface area contributed by atoms with E-state index in [1.165, 1.54) is 24.4 Å². The van der Waals surface area contributed by atoms with Crippen LogP contribution in [-0.2, 0) is 0 Å². The highest BCUT2D eigenvalue weighted by molar-refractivity contribution is 5.99. The first-order valence-electron chi connectivity index (χ1n) is 6.54. The van der Waals surface area contributed by atoms with E-state index in [0.717, 1.165) is 5.56 Å². The number of aromatic hydroxyl groups is 1. The number of carbonyl (C=O) groups is 1. The van der Waals surface area contributed by atoms with Crippen molar-refractivity contribution in [3.63, 3.8) is 0 Å². The molecule has 112 valence electrons. The quantitative estimate of drug-likeness (QED) is 0.397. The van der Waals surface area contributed by atoms with Gasteiger partial charge in [0.1, 0.15) is 12.3 Å². The van der Waals surface area contributed by atoms with Crippen molar-refractivity contribution in [2.45, 2.75) is 6.92 Å². The lowest BCUT2D eigenvalue weighted by Crippen LogP contribution is -2.04. The summed E-state index contributed by atoms with van der Waals surface area (Å²) >= 11 is 0. The van der Waals surface area contributed by atoms with Crippen LogP contribution >= 0.6 is 0 Å². The molecule has 0 radical (unpaired) electrons. The van der Waals surface area contributed by atoms with Crippen LogP contribution in [0.5, 0.6) is 5.75 Å². The Morgan fingerprint density at radius 2 is 2.09 bits per heavy atom. The summed E-state index contributed by atoms with van der Waals surface area (Å²) in [4.78, 5) is 26.0. The van der Waals surface area contributed by atoms with Crippen molar-refractivity contribution < 1.29 is 14.8 Å². The van der Waals surface area contributed by atoms with Crippen molar-refractivity contribution in [3.05, 3.63) is 69.3 Å². The number of rotatable bonds is 5. The number of nitro groups is 1. The number of phenols is 1. The lowest BCUT2D eigenvalue weighted by molar-refractivity contribution is -0.384. The van der Waals surface area contributed by atoms with Gasteiger partial charge in [-0.2, -0.15) is 0 Å². The molecule has 0 amide bonds. The second kappa shape index (κ2) is 6.62. The number of benzene rings is 2. The van der Waals surface area contributed by atoms with E-state index in [0.29, 0.717) is 5.56 Å². The van der Waals surface area contributed by atoms with Crippen LogP contribution in [-0.4, -0.2) is 28.6 Å². The van der Waals surface area contributed by atoms with E-state index in [4.69, 9.17) is 0 Å². The molecule has 0 fully saturated rings. The number of aryl methyl sites for hydroxylation is 1. The topological polar surface area (TPSA) is 92.8 Å². The normalized spacial score (nSPS) is 10.8. The highest BCUT2D eigenvalue weighted by atomic mass is 16.6. The summed E-state index contributed by atoms with van der Waals surface area (Å²) in [5.41, 5.74) is 1.59. The molecule has 0 aliphatic rings. The molecular weight excluding hydrogens is 284 g/mol. The summed E-state index contributed by atoms with van der Waals surface area (Å²) in [5, 5.41) is 20.3. The zero-order valence-corrected chi connectivity index (χ0v) is 11.9. The van der Waals surface area contributed by atoms with E-state index in [9.17, 15) is 20.0 Å². The van der Waals surface area contributed by atoms with E-state index in [1.54, 1.807) is 18.2 Å². The number of nitro benzene ring substituents is 1. The largest absolute Gasteiger partial charge is 0.507 e. The zero-order valence-electron chi connectivity index (χ0n) is 11.9. The Balaban J connectivity index is 2.11. The van der Waals surface area contributed by atoms with Gasteiger partial charge in [-0.3, -0.25) is 19.9 Å². The Morgan fingerprint density at radius 1 is 1.32 bits per heavy atom. The summed E-state index contributed by atoms with van der Waals surface area (Å²) in [7, 11) is 0. The van der Waals surface area contributed by atoms with Crippen LogP contribution in [0.4, 0.5) is 5.69 Å². The number of phenolic OH excluding ortho intramolecular Hbond substituents is 1. The average Bonchev–Trinajstić information content (AvgIpc) is 2.48. The molecule has 0 aliphatic heterocycles. The van der Waals surface area contributed by atoms with Gasteiger partial charge in [0, 0.05) is 29.5 Å². The molecule has 0 saturated carbocycles. The van der Waals surface area contributed by atoms with Crippen LogP contribution in [0.3, 0.4) is 0 Å². The molecule has 6 heteroatoms. The fourth-order valence-electron chi connectivity index (χ4n) is 1.90. The van der Waals surface area contributed by atoms with Crippen LogP contribution in [0.2, 0.25) is 0 Å². The maximum atomic E-state index is 12.0. The lowest BCUT2D eigenvalue weighted by atomic mass is 10.1. The first-order valence-corrected chi connectivity index (χ1v) is 6.54. The predicted molar refractivity (Wildman–Crippen MR) is 82.7 cm³/mol. The molecule has 6 nitrogen and oxygen atoms in total. The smallest absolute Gasteiger partial charge is 0.270 e. The van der Waals surface area contributed by atoms with Gasteiger partial charge in [0.15, 0.2) is 5.78 Å². The van der Waals surface area contributed by atoms with Crippen LogP contribution < -0.4 is 0 Å². The molecule has 0 aliphatic carbocycles. The van der Waals surface area contributed by atoms with Crippen molar-refractivity contribution in [3.8, 4) is 5.75 Å². The van der Waals surface area contributed by atoms with Crippen molar-refractivity contribution in [1.29, 1.82) is 0 Å². The number of hydrogen-bond acceptors (Lipinski definition) is 5. The van der Waals surface area contributed by atoms with Gasteiger partial charge >= 0.3 is 0 Å². The molecule has 0 bridgehead atoms. The number of hydrogen-bond donors (Lipinski definition) is 1. The summed E-state index contributed by atoms with van der Waals surface area (Å²) in [6.07, 6.45) is 1.26. The van der Waals surface area contributed by atoms with Gasteiger partial charge in [-0.1, -0.05) is 23.8 Å². The molecule has 2 rings (SSSR count). The van der Waals surface area contributed by atoms with Crippen LogP contribution in [0, 0.1) is 17.0 Å². The number of ketones is 1. The first-order chi connectivity index (χ1) is 10.5. The molecular formula is C16H14N2O4. The fraction of sp³-hybridized carbons (Fsp3) is 0.125. The van der Waals surface area contributed by atoms with Gasteiger partial charge in [0.25, 0.3) is 5.69 Å². The molecule has 2 aromatic rings. The van der Waals surface area contributed by atoms with Crippen molar-refractivity contribution in [2.24, 2.45) is 4.99 Å². The Bertz CT molecular complexity index is 754. The van der Waals surface area contributed by atoms with Gasteiger partial charge in [0.2, 0.25) is 0 Å². The van der Waals surface area contributed by atoms with Crippen LogP contribution in [0.15, 0.2) is 47.5 Å². The van der Waals surface area contributed by atoms with Gasteiger partial charge in [-0.05, 0) is 19.1 Å². The minimum Gasteiger partial charge on any atom is -0.507 e. The molecule has 0 spiro atoms. The zero-order chi connectivity index (χ0) is 16.1. The van der Waals surface area contributed by atoms with Gasteiger partial charge in [0.05, 0.1) is 4.92 Å². The number of aliphatic imine (C=N–C) groups is 1. The van der Waals surface area contributed by atoms with E-state index in [2.05, 4.69) is 4.99 Å². The lowest BCUT2D eigenvalue weighted by Gasteiger charge is -2.00. The monoisotopic (exact) mass is 298 g/mol. The summed E-state index contributed by atoms with van der Waals surface area (Å²) < 4.78 is 0. The molecule has 2 aromatic carbocycles. The fourth-order valence-corrected chi connectivity index (χ4v) is 1.90. The molecule has 0 aromatic heterocycles. The summed E-state index contributed by atoms with van der Waals surface area (Å²) in [6, 6.07) is 10.8. The van der Waals surface area contributed by atoms with Crippen molar-refractivity contribution >= 4 is 17.7 Å². The third kappa shape index (κ3) is 3.76. The van der Waals surface area contributed by atoms with E-state index in [1.807, 2.05) is 13.0 Å². The molecule has 0 saturated heterocycles.